The molecule has 0 bridgehead atoms. The van der Waals surface area contributed by atoms with Crippen LogP contribution in [0.15, 0.2) is 54.2 Å². The molecule has 0 aromatic heterocycles. The number of benzene rings is 1. The van der Waals surface area contributed by atoms with Gasteiger partial charge >= 0.3 is 0 Å². The van der Waals surface area contributed by atoms with Crippen molar-refractivity contribution >= 4 is 23.0 Å². The van der Waals surface area contributed by atoms with Gasteiger partial charge in [-0.25, -0.2) is 0 Å². The molecule has 3 rings (SSSR count). The van der Waals surface area contributed by atoms with E-state index >= 15 is 0 Å². The molecule has 1 amide bonds. The molecule has 0 heterocycles. The molecule has 0 saturated carbocycles. The minimum Gasteiger partial charge on any atom is -0.507 e. The fourth-order valence-corrected chi connectivity index (χ4v) is 5.87. The standard InChI is InChI=1S/C32H42N2O7/c1-34(2)19-21-7-5-3-4-6-8-23(10-9-21)25-11-12-27(37)31-26(25)16-22(17-28(31)38)15-24(13-14-35)32(41,20-36)29(39)18-30(33)40/h3-6,9-12,22,24,35-37,41H,7-8,13-20H2,1-2H3,(H2,33,40)/b5-3-,6-4-,21-9+,23-10+/t22-,24-,32-/m1/s1. The Hall–Kier alpha value is -3.37. The number of aliphatic hydroxyl groups excluding tert-OH is 2. The van der Waals surface area contributed by atoms with E-state index in [2.05, 4.69) is 23.1 Å². The quantitative estimate of drug-likeness (QED) is 0.241. The number of hydrogen-bond acceptors (Lipinski definition) is 8. The average molecular weight is 567 g/mol. The molecule has 0 unspecified atom stereocenters. The molecule has 1 aromatic rings. The van der Waals surface area contributed by atoms with Gasteiger partial charge in [0.15, 0.2) is 11.6 Å². The highest BCUT2D eigenvalue weighted by molar-refractivity contribution is 6.03. The topological polar surface area (TPSA) is 161 Å². The van der Waals surface area contributed by atoms with Crippen molar-refractivity contribution in [2.75, 3.05) is 33.9 Å². The normalized spacial score (nSPS) is 23.8. The average Bonchev–Trinajstić information content (AvgIpc) is 2.91. The number of rotatable bonds is 12. The van der Waals surface area contributed by atoms with E-state index in [0.717, 1.165) is 24.1 Å². The molecule has 0 fully saturated rings. The Labute approximate surface area is 241 Å². The van der Waals surface area contributed by atoms with Gasteiger partial charge in [-0.05, 0) is 80.8 Å². The molecule has 2 aliphatic carbocycles. The third-order valence-corrected chi connectivity index (χ3v) is 7.85. The predicted octanol–water partition coefficient (Wildman–Crippen LogP) is 2.47. The summed E-state index contributed by atoms with van der Waals surface area (Å²) in [5.41, 5.74) is 6.88. The number of phenolic OH excluding ortho intramolecular Hbond substituents is 1. The van der Waals surface area contributed by atoms with Crippen LogP contribution in [-0.4, -0.2) is 82.3 Å². The minimum absolute atomic E-state index is 0.0189. The van der Waals surface area contributed by atoms with Crippen molar-refractivity contribution in [2.24, 2.45) is 17.6 Å². The van der Waals surface area contributed by atoms with Gasteiger partial charge in [0.05, 0.1) is 18.6 Å². The van der Waals surface area contributed by atoms with Crippen LogP contribution in [0.1, 0.15) is 60.0 Å². The summed E-state index contributed by atoms with van der Waals surface area (Å²) in [5.74, 6) is -3.45. The van der Waals surface area contributed by atoms with E-state index in [0.29, 0.717) is 18.4 Å². The monoisotopic (exact) mass is 566 g/mol. The SMILES string of the molecule is CN(C)C/C1=C/C=C(/c2ccc(O)c3c2C[C@@H](C[C@@H](CCO)[C@](O)(CO)C(=O)CC(N)=O)CC3=O)C/C=C\C=C/C1. The first-order chi connectivity index (χ1) is 19.5. The van der Waals surface area contributed by atoms with Crippen molar-refractivity contribution in [2.45, 2.75) is 50.5 Å². The first kappa shape index (κ1) is 32.1. The fourth-order valence-electron chi connectivity index (χ4n) is 5.87. The van der Waals surface area contributed by atoms with Gasteiger partial charge in [-0.3, -0.25) is 14.4 Å². The van der Waals surface area contributed by atoms with Crippen molar-refractivity contribution in [3.8, 4) is 5.75 Å². The molecular weight excluding hydrogens is 524 g/mol. The lowest BCUT2D eigenvalue weighted by molar-refractivity contribution is -0.153. The number of fused-ring (bicyclic) bond motifs is 1. The lowest BCUT2D eigenvalue weighted by atomic mass is 9.70. The van der Waals surface area contributed by atoms with E-state index in [1.807, 2.05) is 38.4 Å². The molecule has 6 N–H and O–H groups in total. The van der Waals surface area contributed by atoms with Crippen molar-refractivity contribution in [1.29, 1.82) is 0 Å². The van der Waals surface area contributed by atoms with E-state index in [9.17, 15) is 34.8 Å². The van der Waals surface area contributed by atoms with Gasteiger partial charge < -0.3 is 31.1 Å². The number of likely N-dealkylation sites (N-methyl/N-ethyl adjacent to an activating group) is 1. The van der Waals surface area contributed by atoms with Gasteiger partial charge in [0.2, 0.25) is 5.91 Å². The van der Waals surface area contributed by atoms with E-state index < -0.39 is 36.2 Å². The number of Topliss-reactive ketones (excluding diaryl/α,β-unsaturated/α-hetero) is 2. The van der Waals surface area contributed by atoms with Crippen molar-refractivity contribution in [3.63, 3.8) is 0 Å². The molecular formula is C32H42N2O7. The number of nitrogens with two attached hydrogens (primary N) is 1. The van der Waals surface area contributed by atoms with E-state index in [4.69, 9.17) is 5.73 Å². The fraction of sp³-hybridized carbons (Fsp3) is 0.469. The summed E-state index contributed by atoms with van der Waals surface area (Å²) in [6.45, 7) is -0.516. The molecule has 9 nitrogen and oxygen atoms in total. The highest BCUT2D eigenvalue weighted by Gasteiger charge is 2.45. The number of ketones is 2. The van der Waals surface area contributed by atoms with Gasteiger partial charge in [-0.1, -0.05) is 48.1 Å². The van der Waals surface area contributed by atoms with Crippen LogP contribution < -0.4 is 5.73 Å². The van der Waals surface area contributed by atoms with Gasteiger partial charge in [0, 0.05) is 19.6 Å². The van der Waals surface area contributed by atoms with Crippen LogP contribution in [0, 0.1) is 11.8 Å². The maximum atomic E-state index is 13.4. The number of nitrogens with zero attached hydrogens (tertiary/aromatic N) is 1. The second kappa shape index (κ2) is 14.5. The number of carbonyl (C=O) groups is 3. The number of hydrogen-bond donors (Lipinski definition) is 5. The lowest BCUT2D eigenvalue weighted by Crippen LogP contribution is -2.51. The zero-order valence-electron chi connectivity index (χ0n) is 23.9. The van der Waals surface area contributed by atoms with E-state index in [1.54, 1.807) is 6.07 Å². The number of amides is 1. The molecule has 222 valence electrons. The summed E-state index contributed by atoms with van der Waals surface area (Å²) in [4.78, 5) is 39.6. The van der Waals surface area contributed by atoms with Crippen LogP contribution in [0.4, 0.5) is 0 Å². The predicted molar refractivity (Wildman–Crippen MR) is 157 cm³/mol. The Kier molecular flexibility index (Phi) is 11.4. The van der Waals surface area contributed by atoms with Gasteiger partial charge in [-0.2, -0.15) is 0 Å². The summed E-state index contributed by atoms with van der Waals surface area (Å²) in [7, 11) is 4.03. The summed E-state index contributed by atoms with van der Waals surface area (Å²) in [5, 5.41) is 41.5. The van der Waals surface area contributed by atoms with Crippen LogP contribution in [-0.2, 0) is 16.0 Å². The third-order valence-electron chi connectivity index (χ3n) is 7.85. The summed E-state index contributed by atoms with van der Waals surface area (Å²) in [6.07, 6.45) is 13.5. The number of aliphatic hydroxyl groups is 3. The van der Waals surface area contributed by atoms with Crippen LogP contribution in [0.3, 0.4) is 0 Å². The van der Waals surface area contributed by atoms with Gasteiger partial charge in [0.1, 0.15) is 11.4 Å². The van der Waals surface area contributed by atoms with Gasteiger partial charge in [0.25, 0.3) is 0 Å². The van der Waals surface area contributed by atoms with Crippen LogP contribution in [0.5, 0.6) is 5.75 Å². The molecule has 3 atom stereocenters. The molecule has 0 aliphatic heterocycles. The number of aromatic hydroxyl groups is 1. The Morgan fingerprint density at radius 3 is 2.44 bits per heavy atom. The lowest BCUT2D eigenvalue weighted by Gasteiger charge is -2.36. The van der Waals surface area contributed by atoms with Gasteiger partial charge in [-0.15, -0.1) is 0 Å². The molecule has 0 spiro atoms. The zero-order chi connectivity index (χ0) is 30.2. The summed E-state index contributed by atoms with van der Waals surface area (Å²) >= 11 is 0. The van der Waals surface area contributed by atoms with Crippen LogP contribution in [0.2, 0.25) is 0 Å². The van der Waals surface area contributed by atoms with Crippen LogP contribution in [0.25, 0.3) is 5.57 Å². The maximum absolute atomic E-state index is 13.4. The molecule has 0 saturated heterocycles. The Bertz CT molecular complexity index is 1260. The maximum Gasteiger partial charge on any atom is 0.224 e. The number of phenols is 1. The molecule has 1 aromatic carbocycles. The Balaban J connectivity index is 2.01. The number of primary amides is 1. The Morgan fingerprint density at radius 2 is 1.80 bits per heavy atom. The van der Waals surface area contributed by atoms with Crippen LogP contribution >= 0.6 is 0 Å². The minimum atomic E-state index is -2.28. The third kappa shape index (κ3) is 8.10. The Morgan fingerprint density at radius 1 is 1.10 bits per heavy atom. The highest BCUT2D eigenvalue weighted by atomic mass is 16.3. The molecule has 0 radical (unpaired) electrons. The van der Waals surface area contributed by atoms with Crippen molar-refractivity contribution < 1.29 is 34.8 Å². The summed E-state index contributed by atoms with van der Waals surface area (Å²) in [6, 6.07) is 3.36. The molecule has 2 aliphatic rings. The smallest absolute Gasteiger partial charge is 0.224 e. The zero-order valence-corrected chi connectivity index (χ0v) is 23.9. The molecule has 9 heteroatoms. The molecule has 41 heavy (non-hydrogen) atoms. The highest BCUT2D eigenvalue weighted by Crippen LogP contribution is 2.41. The first-order valence-corrected chi connectivity index (χ1v) is 14.0. The largest absolute Gasteiger partial charge is 0.507 e. The van der Waals surface area contributed by atoms with Crippen molar-refractivity contribution in [3.05, 3.63) is 70.9 Å². The van der Waals surface area contributed by atoms with Crippen molar-refractivity contribution in [1.82, 2.24) is 4.90 Å². The number of allylic oxidation sites excluding steroid dienone is 7. The van der Waals surface area contributed by atoms with E-state index in [-0.39, 0.29) is 48.9 Å². The second-order valence-electron chi connectivity index (χ2n) is 11.3. The number of carbonyl (C=O) groups excluding carboxylic acids is 3. The van der Waals surface area contributed by atoms with E-state index in [1.165, 1.54) is 5.57 Å². The second-order valence-corrected chi connectivity index (χ2v) is 11.3. The first-order valence-electron chi connectivity index (χ1n) is 14.0. The summed E-state index contributed by atoms with van der Waals surface area (Å²) < 4.78 is 0.